The highest BCUT2D eigenvalue weighted by atomic mass is 32.2. The van der Waals surface area contributed by atoms with E-state index in [1.54, 1.807) is 32.9 Å². The Morgan fingerprint density at radius 1 is 1.29 bits per heavy atom. The standard InChI is InChI=1S/C16H24BNO5S/c1-16(2,3)23-15(19)18-14(10-7-11-22-24(4,20)21)12-8-5-6-9-13(12)17/h5-6,8-9,14H,7,10-11H2,1-4H3,(H,18,19)/t14-/m0/s1. The zero-order valence-electron chi connectivity index (χ0n) is 14.5. The lowest BCUT2D eigenvalue weighted by Gasteiger charge is -2.25. The average molecular weight is 353 g/mol. The summed E-state index contributed by atoms with van der Waals surface area (Å²) < 4.78 is 32.0. The number of alkyl carbamates (subject to hydrolysis) is 1. The summed E-state index contributed by atoms with van der Waals surface area (Å²) in [5.74, 6) is 0. The Kier molecular flexibility index (Phi) is 7.29. The van der Waals surface area contributed by atoms with Crippen molar-refractivity contribution >= 4 is 29.5 Å². The Morgan fingerprint density at radius 3 is 2.46 bits per heavy atom. The number of nitrogens with one attached hydrogen (secondary N) is 1. The molecule has 6 nitrogen and oxygen atoms in total. The average Bonchev–Trinajstić information content (AvgIpc) is 2.40. The number of hydrogen-bond donors (Lipinski definition) is 1. The normalized spacial score (nSPS) is 13.3. The number of carbonyl (C=O) groups excluding carboxylic acids is 1. The molecule has 0 spiro atoms. The molecular formula is C16H24BNO5S. The van der Waals surface area contributed by atoms with E-state index in [4.69, 9.17) is 16.8 Å². The van der Waals surface area contributed by atoms with Gasteiger partial charge in [0.1, 0.15) is 13.4 Å². The van der Waals surface area contributed by atoms with Crippen LogP contribution in [0.4, 0.5) is 4.79 Å². The Balaban J connectivity index is 2.77. The highest BCUT2D eigenvalue weighted by molar-refractivity contribution is 7.85. The van der Waals surface area contributed by atoms with Crippen molar-refractivity contribution in [3.8, 4) is 0 Å². The van der Waals surface area contributed by atoms with E-state index < -0.39 is 27.9 Å². The fourth-order valence-corrected chi connectivity index (χ4v) is 2.50. The van der Waals surface area contributed by atoms with Gasteiger partial charge in [0.25, 0.3) is 10.1 Å². The Hall–Kier alpha value is -1.54. The maximum Gasteiger partial charge on any atom is 0.408 e. The molecule has 1 aromatic rings. The molecule has 2 radical (unpaired) electrons. The SMILES string of the molecule is [B]c1ccccc1[C@H](CCCOS(C)(=O)=O)NC(=O)OC(C)(C)C. The summed E-state index contributed by atoms with van der Waals surface area (Å²) in [5, 5.41) is 2.78. The third kappa shape index (κ3) is 8.35. The monoisotopic (exact) mass is 353 g/mol. The number of benzene rings is 1. The van der Waals surface area contributed by atoms with Gasteiger partial charge in [0.05, 0.1) is 18.9 Å². The molecule has 0 fully saturated rings. The molecule has 132 valence electrons. The highest BCUT2D eigenvalue weighted by Gasteiger charge is 2.21. The fraction of sp³-hybridized carbons (Fsp3) is 0.562. The van der Waals surface area contributed by atoms with E-state index in [9.17, 15) is 13.2 Å². The van der Waals surface area contributed by atoms with Crippen LogP contribution in [0.1, 0.15) is 45.2 Å². The fourth-order valence-electron chi connectivity index (χ4n) is 2.08. The molecule has 0 bridgehead atoms. The van der Waals surface area contributed by atoms with Crippen LogP contribution in [0.2, 0.25) is 0 Å². The first-order valence-corrected chi connectivity index (χ1v) is 9.48. The number of amides is 1. The van der Waals surface area contributed by atoms with Crippen LogP contribution < -0.4 is 10.8 Å². The van der Waals surface area contributed by atoms with Gasteiger partial charge in [-0.05, 0) is 39.2 Å². The molecule has 0 aliphatic heterocycles. The van der Waals surface area contributed by atoms with Crippen molar-refractivity contribution < 1.29 is 22.1 Å². The summed E-state index contributed by atoms with van der Waals surface area (Å²) in [7, 11) is 2.50. The number of rotatable bonds is 7. The van der Waals surface area contributed by atoms with Crippen LogP contribution in [0.5, 0.6) is 0 Å². The summed E-state index contributed by atoms with van der Waals surface area (Å²) in [5.41, 5.74) is 0.682. The van der Waals surface area contributed by atoms with Crippen molar-refractivity contribution in [1.29, 1.82) is 0 Å². The third-order valence-corrected chi connectivity index (χ3v) is 3.59. The second kappa shape index (κ2) is 8.53. The van der Waals surface area contributed by atoms with E-state index in [0.29, 0.717) is 18.3 Å². The van der Waals surface area contributed by atoms with Crippen LogP contribution in [0.15, 0.2) is 24.3 Å². The molecule has 24 heavy (non-hydrogen) atoms. The lowest BCUT2D eigenvalue weighted by molar-refractivity contribution is 0.0499. The van der Waals surface area contributed by atoms with Crippen LogP contribution in [-0.4, -0.2) is 40.8 Å². The molecular weight excluding hydrogens is 329 g/mol. The molecule has 0 aliphatic carbocycles. The summed E-state index contributed by atoms with van der Waals surface area (Å²) in [6, 6.07) is 6.78. The molecule has 1 atom stereocenters. The van der Waals surface area contributed by atoms with Gasteiger partial charge in [-0.1, -0.05) is 29.7 Å². The minimum atomic E-state index is -3.48. The molecule has 0 unspecified atom stereocenters. The molecule has 8 heteroatoms. The van der Waals surface area contributed by atoms with Gasteiger partial charge in [-0.15, -0.1) is 0 Å². The van der Waals surface area contributed by atoms with Gasteiger partial charge in [-0.3, -0.25) is 4.18 Å². The maximum absolute atomic E-state index is 12.0. The van der Waals surface area contributed by atoms with Crippen LogP contribution in [0.3, 0.4) is 0 Å². The first-order chi connectivity index (χ1) is 11.0. The molecule has 0 heterocycles. The summed E-state index contributed by atoms with van der Waals surface area (Å²) >= 11 is 0. The predicted octanol–water partition coefficient (Wildman–Crippen LogP) is 1.80. The van der Waals surface area contributed by atoms with Crippen LogP contribution in [-0.2, 0) is 19.0 Å². The van der Waals surface area contributed by atoms with Crippen molar-refractivity contribution in [3.63, 3.8) is 0 Å². The maximum atomic E-state index is 12.0. The zero-order valence-corrected chi connectivity index (χ0v) is 15.4. The van der Waals surface area contributed by atoms with E-state index >= 15 is 0 Å². The van der Waals surface area contributed by atoms with Crippen LogP contribution >= 0.6 is 0 Å². The second-order valence-corrected chi connectivity index (χ2v) is 8.14. The van der Waals surface area contributed by atoms with Crippen molar-refractivity contribution in [3.05, 3.63) is 29.8 Å². The van der Waals surface area contributed by atoms with Crippen molar-refractivity contribution in [1.82, 2.24) is 5.32 Å². The molecule has 0 saturated heterocycles. The number of hydrogen-bond acceptors (Lipinski definition) is 5. The molecule has 1 rings (SSSR count). The van der Waals surface area contributed by atoms with Gasteiger partial charge in [0.2, 0.25) is 0 Å². The molecule has 0 saturated carbocycles. The van der Waals surface area contributed by atoms with Crippen LogP contribution in [0, 0.1) is 0 Å². The van der Waals surface area contributed by atoms with Gasteiger partial charge in [0, 0.05) is 0 Å². The van der Waals surface area contributed by atoms with E-state index in [1.165, 1.54) is 0 Å². The minimum absolute atomic E-state index is 0.0398. The van der Waals surface area contributed by atoms with Gasteiger partial charge in [0.15, 0.2) is 0 Å². The van der Waals surface area contributed by atoms with E-state index in [0.717, 1.165) is 11.8 Å². The molecule has 0 aromatic heterocycles. The largest absolute Gasteiger partial charge is 0.444 e. The van der Waals surface area contributed by atoms with Gasteiger partial charge in [-0.2, -0.15) is 8.42 Å². The summed E-state index contributed by atoms with van der Waals surface area (Å²) in [6.45, 7) is 5.37. The van der Waals surface area contributed by atoms with Crippen LogP contribution in [0.25, 0.3) is 0 Å². The molecule has 1 amide bonds. The van der Waals surface area contributed by atoms with E-state index in [-0.39, 0.29) is 6.61 Å². The Bertz CT molecular complexity index is 655. The topological polar surface area (TPSA) is 81.7 Å². The number of ether oxygens (including phenoxy) is 1. The molecule has 1 N–H and O–H groups in total. The second-order valence-electron chi connectivity index (χ2n) is 6.50. The minimum Gasteiger partial charge on any atom is -0.444 e. The van der Waals surface area contributed by atoms with Crippen molar-refractivity contribution in [2.75, 3.05) is 12.9 Å². The lowest BCUT2D eigenvalue weighted by Crippen LogP contribution is -2.36. The van der Waals surface area contributed by atoms with E-state index in [2.05, 4.69) is 5.32 Å². The van der Waals surface area contributed by atoms with Gasteiger partial charge >= 0.3 is 6.09 Å². The number of carbonyl (C=O) groups is 1. The predicted molar refractivity (Wildman–Crippen MR) is 94.0 cm³/mol. The first kappa shape index (κ1) is 20.5. The Labute approximate surface area is 145 Å². The van der Waals surface area contributed by atoms with Crippen molar-refractivity contribution in [2.24, 2.45) is 0 Å². The highest BCUT2D eigenvalue weighted by Crippen LogP contribution is 2.18. The zero-order chi connectivity index (χ0) is 18.4. The first-order valence-electron chi connectivity index (χ1n) is 7.66. The Morgan fingerprint density at radius 2 is 1.92 bits per heavy atom. The quantitative estimate of drug-likeness (QED) is 0.459. The summed E-state index contributed by atoms with van der Waals surface area (Å²) in [6.07, 6.45) is 1.34. The molecule has 0 aliphatic rings. The molecule has 1 aromatic carbocycles. The third-order valence-electron chi connectivity index (χ3n) is 3.00. The lowest BCUT2D eigenvalue weighted by atomic mass is 9.86. The van der Waals surface area contributed by atoms with Gasteiger partial charge < -0.3 is 10.1 Å². The summed E-state index contributed by atoms with van der Waals surface area (Å²) in [4.78, 5) is 12.0. The van der Waals surface area contributed by atoms with Crippen molar-refractivity contribution in [2.45, 2.75) is 45.3 Å². The smallest absolute Gasteiger partial charge is 0.408 e. The van der Waals surface area contributed by atoms with E-state index in [1.807, 2.05) is 12.1 Å². The van der Waals surface area contributed by atoms with Gasteiger partial charge in [-0.25, -0.2) is 4.79 Å².